The lowest BCUT2D eigenvalue weighted by Crippen LogP contribution is -2.27. The predicted octanol–water partition coefficient (Wildman–Crippen LogP) is 4.52. The van der Waals surface area contributed by atoms with Gasteiger partial charge < -0.3 is 14.9 Å². The number of pyridine rings is 1. The number of H-pyrrole nitrogens is 1. The number of carbonyl (C=O) groups excluding carboxylic acids is 1. The first-order chi connectivity index (χ1) is 14.7. The number of rotatable bonds is 5. The van der Waals surface area contributed by atoms with E-state index >= 15 is 0 Å². The molecular weight excluding hydrogens is 407 g/mol. The van der Waals surface area contributed by atoms with E-state index in [0.717, 1.165) is 34.0 Å². The SMILES string of the molecule is Cc1ccc2[nH]c3c(=O)n(CCC(=O)NCc4cccc(C(F)(F)F)c4)ccc3c2c1. The average molecular weight is 427 g/mol. The summed E-state index contributed by atoms with van der Waals surface area (Å²) in [7, 11) is 0. The van der Waals surface area contributed by atoms with Crippen LogP contribution in [0.4, 0.5) is 13.2 Å². The largest absolute Gasteiger partial charge is 0.416 e. The summed E-state index contributed by atoms with van der Waals surface area (Å²) in [5.41, 5.74) is 1.82. The third-order valence-corrected chi connectivity index (χ3v) is 5.21. The normalized spacial score (nSPS) is 11.9. The third kappa shape index (κ3) is 4.33. The van der Waals surface area contributed by atoms with Gasteiger partial charge in [0.1, 0.15) is 5.52 Å². The number of carbonyl (C=O) groups is 1. The molecule has 8 heteroatoms. The van der Waals surface area contributed by atoms with Gasteiger partial charge in [0.25, 0.3) is 5.56 Å². The highest BCUT2D eigenvalue weighted by atomic mass is 19.4. The van der Waals surface area contributed by atoms with Crippen molar-refractivity contribution >= 4 is 27.7 Å². The maximum absolute atomic E-state index is 12.8. The minimum atomic E-state index is -4.43. The summed E-state index contributed by atoms with van der Waals surface area (Å²) in [4.78, 5) is 28.1. The van der Waals surface area contributed by atoms with E-state index in [-0.39, 0.29) is 31.0 Å². The molecule has 0 fully saturated rings. The molecule has 4 aromatic rings. The van der Waals surface area contributed by atoms with Gasteiger partial charge in [-0.05, 0) is 42.8 Å². The molecule has 0 bridgehead atoms. The number of aromatic amines is 1. The second kappa shape index (κ2) is 7.94. The second-order valence-corrected chi connectivity index (χ2v) is 7.50. The zero-order valence-electron chi connectivity index (χ0n) is 16.7. The van der Waals surface area contributed by atoms with Crippen LogP contribution in [0, 0.1) is 6.92 Å². The van der Waals surface area contributed by atoms with Crippen LogP contribution in [0.5, 0.6) is 0 Å². The zero-order chi connectivity index (χ0) is 22.2. The van der Waals surface area contributed by atoms with Gasteiger partial charge in [0, 0.05) is 42.0 Å². The number of fused-ring (bicyclic) bond motifs is 3. The van der Waals surface area contributed by atoms with Crippen molar-refractivity contribution in [2.45, 2.75) is 32.6 Å². The highest BCUT2D eigenvalue weighted by Gasteiger charge is 2.30. The molecule has 0 radical (unpaired) electrons. The minimum Gasteiger partial charge on any atom is -0.352 e. The molecule has 0 aliphatic heterocycles. The predicted molar refractivity (Wildman–Crippen MR) is 113 cm³/mol. The van der Waals surface area contributed by atoms with Crippen LogP contribution in [0.1, 0.15) is 23.1 Å². The Morgan fingerprint density at radius 1 is 1.10 bits per heavy atom. The van der Waals surface area contributed by atoms with Crippen LogP contribution < -0.4 is 10.9 Å². The monoisotopic (exact) mass is 427 g/mol. The standard InChI is InChI=1S/C23H20F3N3O2/c1-14-5-6-19-18(11-14)17-7-9-29(22(31)21(17)28-19)10-8-20(30)27-13-15-3-2-4-16(12-15)23(24,25)26/h2-7,9,11-12,28H,8,10,13H2,1H3,(H,27,30). The lowest BCUT2D eigenvalue weighted by atomic mass is 10.1. The Balaban J connectivity index is 1.43. The number of nitrogens with one attached hydrogen (secondary N) is 2. The molecule has 0 aliphatic rings. The zero-order valence-corrected chi connectivity index (χ0v) is 16.7. The molecule has 31 heavy (non-hydrogen) atoms. The quantitative estimate of drug-likeness (QED) is 0.492. The van der Waals surface area contributed by atoms with Gasteiger partial charge in [-0.15, -0.1) is 0 Å². The van der Waals surface area contributed by atoms with E-state index in [2.05, 4.69) is 10.3 Å². The molecule has 0 atom stereocenters. The smallest absolute Gasteiger partial charge is 0.352 e. The summed E-state index contributed by atoms with van der Waals surface area (Å²) in [6.45, 7) is 2.13. The average Bonchev–Trinajstić information content (AvgIpc) is 3.10. The number of amides is 1. The van der Waals surface area contributed by atoms with Gasteiger partial charge in [0.05, 0.1) is 5.56 Å². The van der Waals surface area contributed by atoms with E-state index in [9.17, 15) is 22.8 Å². The molecule has 4 rings (SSSR count). The van der Waals surface area contributed by atoms with Crippen molar-refractivity contribution in [3.8, 4) is 0 Å². The van der Waals surface area contributed by atoms with Gasteiger partial charge in [-0.2, -0.15) is 13.2 Å². The fourth-order valence-electron chi connectivity index (χ4n) is 3.59. The number of alkyl halides is 3. The summed E-state index contributed by atoms with van der Waals surface area (Å²) in [5.74, 6) is -0.350. The fourth-order valence-corrected chi connectivity index (χ4v) is 3.59. The Morgan fingerprint density at radius 2 is 1.90 bits per heavy atom. The molecule has 2 aromatic carbocycles. The van der Waals surface area contributed by atoms with E-state index < -0.39 is 11.7 Å². The van der Waals surface area contributed by atoms with E-state index in [1.807, 2.05) is 31.2 Å². The summed E-state index contributed by atoms with van der Waals surface area (Å²) in [6, 6.07) is 12.6. The molecule has 2 N–H and O–H groups in total. The first-order valence-corrected chi connectivity index (χ1v) is 9.77. The molecule has 2 aromatic heterocycles. The maximum Gasteiger partial charge on any atom is 0.416 e. The number of aryl methyl sites for hydroxylation is 2. The summed E-state index contributed by atoms with van der Waals surface area (Å²) in [6.07, 6.45) is -2.74. The Hall–Kier alpha value is -3.55. The second-order valence-electron chi connectivity index (χ2n) is 7.50. The number of aromatic nitrogens is 2. The van der Waals surface area contributed by atoms with E-state index in [0.29, 0.717) is 11.1 Å². The highest BCUT2D eigenvalue weighted by Crippen LogP contribution is 2.29. The van der Waals surface area contributed by atoms with Crippen LogP contribution in [0.25, 0.3) is 21.8 Å². The van der Waals surface area contributed by atoms with Gasteiger partial charge in [0.2, 0.25) is 5.91 Å². The van der Waals surface area contributed by atoms with Crippen LogP contribution >= 0.6 is 0 Å². The fraction of sp³-hybridized carbons (Fsp3) is 0.217. The van der Waals surface area contributed by atoms with Crippen molar-refractivity contribution < 1.29 is 18.0 Å². The minimum absolute atomic E-state index is 0.0158. The van der Waals surface area contributed by atoms with Crippen molar-refractivity contribution in [2.75, 3.05) is 0 Å². The van der Waals surface area contributed by atoms with Crippen molar-refractivity contribution in [1.29, 1.82) is 0 Å². The third-order valence-electron chi connectivity index (χ3n) is 5.21. The molecular formula is C23H20F3N3O2. The van der Waals surface area contributed by atoms with E-state index in [1.165, 1.54) is 16.7 Å². The van der Waals surface area contributed by atoms with Crippen LogP contribution in [-0.4, -0.2) is 15.5 Å². The first-order valence-electron chi connectivity index (χ1n) is 9.77. The molecule has 0 saturated heterocycles. The van der Waals surface area contributed by atoms with Crippen LogP contribution in [0.3, 0.4) is 0 Å². The van der Waals surface area contributed by atoms with Crippen molar-refractivity contribution in [3.05, 3.63) is 81.8 Å². The molecule has 2 heterocycles. The number of benzene rings is 2. The highest BCUT2D eigenvalue weighted by molar-refractivity contribution is 6.06. The van der Waals surface area contributed by atoms with Gasteiger partial charge in [0.15, 0.2) is 0 Å². The summed E-state index contributed by atoms with van der Waals surface area (Å²) < 4.78 is 39.8. The van der Waals surface area contributed by atoms with Crippen molar-refractivity contribution in [1.82, 2.24) is 14.9 Å². The maximum atomic E-state index is 12.8. The van der Waals surface area contributed by atoms with Gasteiger partial charge in [-0.3, -0.25) is 9.59 Å². The van der Waals surface area contributed by atoms with E-state index in [1.54, 1.807) is 6.20 Å². The molecule has 160 valence electrons. The van der Waals surface area contributed by atoms with Gasteiger partial charge >= 0.3 is 6.18 Å². The Kier molecular flexibility index (Phi) is 5.31. The van der Waals surface area contributed by atoms with E-state index in [4.69, 9.17) is 0 Å². The number of hydrogen-bond donors (Lipinski definition) is 2. The van der Waals surface area contributed by atoms with Crippen LogP contribution in [0.15, 0.2) is 59.5 Å². The number of halogens is 3. The number of nitrogens with zero attached hydrogens (tertiary/aromatic N) is 1. The Labute approximate surface area is 175 Å². The number of hydrogen-bond acceptors (Lipinski definition) is 2. The summed E-state index contributed by atoms with van der Waals surface area (Å²) in [5, 5.41) is 4.40. The lowest BCUT2D eigenvalue weighted by molar-refractivity contribution is -0.137. The van der Waals surface area contributed by atoms with Crippen LogP contribution in [-0.2, 0) is 24.1 Å². The van der Waals surface area contributed by atoms with Gasteiger partial charge in [-0.25, -0.2) is 0 Å². The van der Waals surface area contributed by atoms with Crippen molar-refractivity contribution in [2.24, 2.45) is 0 Å². The molecule has 0 unspecified atom stereocenters. The molecule has 0 spiro atoms. The molecule has 5 nitrogen and oxygen atoms in total. The molecule has 0 saturated carbocycles. The summed E-state index contributed by atoms with van der Waals surface area (Å²) >= 11 is 0. The lowest BCUT2D eigenvalue weighted by Gasteiger charge is -2.10. The molecule has 0 aliphatic carbocycles. The van der Waals surface area contributed by atoms with Crippen molar-refractivity contribution in [3.63, 3.8) is 0 Å². The molecule has 1 amide bonds. The van der Waals surface area contributed by atoms with Gasteiger partial charge in [-0.1, -0.05) is 23.8 Å². The Morgan fingerprint density at radius 3 is 2.68 bits per heavy atom. The van der Waals surface area contributed by atoms with Crippen LogP contribution in [0.2, 0.25) is 0 Å². The Bertz CT molecular complexity index is 1340. The topological polar surface area (TPSA) is 66.9 Å². The first kappa shape index (κ1) is 20.7.